The highest BCUT2D eigenvalue weighted by Crippen LogP contribution is 2.30. The van der Waals surface area contributed by atoms with Crippen LogP contribution in [-0.4, -0.2) is 33.7 Å². The number of carbonyl (C=O) groups is 1. The van der Waals surface area contributed by atoms with Crippen LogP contribution in [0.5, 0.6) is 0 Å². The quantitative estimate of drug-likeness (QED) is 0.525. The van der Waals surface area contributed by atoms with E-state index in [2.05, 4.69) is 4.98 Å². The van der Waals surface area contributed by atoms with Gasteiger partial charge in [0.25, 0.3) is 5.56 Å². The van der Waals surface area contributed by atoms with Crippen molar-refractivity contribution >= 4 is 28.6 Å². The number of aromatic nitrogens is 2. The van der Waals surface area contributed by atoms with Crippen LogP contribution < -0.4 is 5.56 Å². The van der Waals surface area contributed by atoms with Crippen LogP contribution in [0.2, 0.25) is 0 Å². The van der Waals surface area contributed by atoms with Gasteiger partial charge in [0, 0.05) is 11.0 Å². The van der Waals surface area contributed by atoms with Gasteiger partial charge >= 0.3 is 0 Å². The summed E-state index contributed by atoms with van der Waals surface area (Å²) < 4.78 is 16.6. The van der Waals surface area contributed by atoms with Crippen LogP contribution in [0.15, 0.2) is 46.1 Å². The summed E-state index contributed by atoms with van der Waals surface area (Å²) in [6.07, 6.45) is 0. The van der Waals surface area contributed by atoms with Gasteiger partial charge in [0.05, 0.1) is 22.2 Å². The van der Waals surface area contributed by atoms with E-state index in [0.717, 1.165) is 4.90 Å². The number of benzene rings is 2. The Bertz CT molecular complexity index is 1080. The van der Waals surface area contributed by atoms with Gasteiger partial charge in [-0.05, 0) is 56.4 Å². The predicted molar refractivity (Wildman–Crippen MR) is 90.3 cm³/mol. The largest absolute Gasteiger partial charge is 0.285 e. The lowest BCUT2D eigenvalue weighted by Crippen LogP contribution is -2.21. The van der Waals surface area contributed by atoms with E-state index in [1.807, 2.05) is 24.5 Å². The molecule has 4 rings (SSSR count). The van der Waals surface area contributed by atoms with Crippen molar-refractivity contribution in [2.75, 3.05) is 14.1 Å². The number of ketones is 1. The van der Waals surface area contributed by atoms with E-state index in [-0.39, 0.29) is 28.1 Å². The number of fused-ring (bicyclic) bond motifs is 4. The first-order valence-corrected chi connectivity index (χ1v) is 8.00. The highest BCUT2D eigenvalue weighted by Gasteiger charge is 2.30. The highest BCUT2D eigenvalue weighted by atomic mass is 32.2. The van der Waals surface area contributed by atoms with Gasteiger partial charge < -0.3 is 0 Å². The van der Waals surface area contributed by atoms with Gasteiger partial charge in [0.15, 0.2) is 5.82 Å². The first-order valence-electron chi connectivity index (χ1n) is 7.22. The molecule has 0 saturated carbocycles. The Morgan fingerprint density at radius 1 is 1.12 bits per heavy atom. The van der Waals surface area contributed by atoms with Crippen LogP contribution in [0.4, 0.5) is 4.39 Å². The van der Waals surface area contributed by atoms with Crippen molar-refractivity contribution < 1.29 is 9.18 Å². The molecule has 1 aromatic heterocycles. The summed E-state index contributed by atoms with van der Waals surface area (Å²) in [5.74, 6) is -0.790. The number of carbonyl (C=O) groups excluding carboxylic acids is 1. The molecule has 0 radical (unpaired) electrons. The second kappa shape index (κ2) is 5.25. The minimum atomic E-state index is -0.494. The normalized spacial score (nSPS) is 12.8. The Labute approximate surface area is 140 Å². The molecule has 120 valence electrons. The minimum Gasteiger partial charge on any atom is -0.285 e. The second-order valence-electron chi connectivity index (χ2n) is 5.65. The molecular formula is C17H12FN3O2S. The molecule has 0 spiro atoms. The Balaban J connectivity index is 1.98. The van der Waals surface area contributed by atoms with E-state index in [1.165, 1.54) is 34.7 Å². The molecule has 5 nitrogen and oxygen atoms in total. The van der Waals surface area contributed by atoms with E-state index in [1.54, 1.807) is 12.1 Å². The predicted octanol–water partition coefficient (Wildman–Crippen LogP) is 2.64. The van der Waals surface area contributed by atoms with Gasteiger partial charge in [-0.15, -0.1) is 0 Å². The molecule has 0 atom stereocenters. The third-order valence-corrected chi connectivity index (χ3v) is 4.61. The van der Waals surface area contributed by atoms with Crippen molar-refractivity contribution in [3.63, 3.8) is 0 Å². The maximum atomic E-state index is 13.4. The fourth-order valence-corrected chi connectivity index (χ4v) is 3.54. The van der Waals surface area contributed by atoms with Gasteiger partial charge in [-0.2, -0.15) is 0 Å². The highest BCUT2D eigenvalue weighted by molar-refractivity contribution is 7.97. The molecule has 0 N–H and O–H groups in total. The summed E-state index contributed by atoms with van der Waals surface area (Å²) >= 11 is 1.48. The molecule has 0 aliphatic carbocycles. The summed E-state index contributed by atoms with van der Waals surface area (Å²) in [4.78, 5) is 30.5. The zero-order valence-corrected chi connectivity index (χ0v) is 13.7. The van der Waals surface area contributed by atoms with E-state index in [4.69, 9.17) is 0 Å². The van der Waals surface area contributed by atoms with Gasteiger partial charge in [-0.1, -0.05) is 0 Å². The summed E-state index contributed by atoms with van der Waals surface area (Å²) in [6, 6.07) is 9.13. The van der Waals surface area contributed by atoms with Gasteiger partial charge in [0.1, 0.15) is 5.82 Å². The van der Waals surface area contributed by atoms with Crippen molar-refractivity contribution in [2.45, 2.75) is 4.90 Å². The SMILES string of the molecule is CN(C)Sc1ccc2c(c1)C(=O)c1nc3cc(F)ccc3c(=O)n1-2. The van der Waals surface area contributed by atoms with E-state index < -0.39 is 5.82 Å². The minimum absolute atomic E-state index is 0.0279. The Morgan fingerprint density at radius 2 is 1.92 bits per heavy atom. The zero-order valence-electron chi connectivity index (χ0n) is 12.9. The first-order chi connectivity index (χ1) is 11.5. The summed E-state index contributed by atoms with van der Waals surface area (Å²) in [7, 11) is 3.81. The topological polar surface area (TPSA) is 55.2 Å². The van der Waals surface area contributed by atoms with E-state index in [9.17, 15) is 14.0 Å². The molecule has 7 heteroatoms. The molecular weight excluding hydrogens is 329 g/mol. The smallest absolute Gasteiger partial charge is 0.266 e. The maximum Gasteiger partial charge on any atom is 0.266 e. The number of nitrogens with zero attached hydrogens (tertiary/aromatic N) is 3. The zero-order chi connectivity index (χ0) is 17.0. The van der Waals surface area contributed by atoms with Gasteiger partial charge in [-0.3, -0.25) is 18.5 Å². The van der Waals surface area contributed by atoms with Crippen LogP contribution in [0, 0.1) is 5.82 Å². The van der Waals surface area contributed by atoms with Crippen molar-refractivity contribution in [1.29, 1.82) is 0 Å². The van der Waals surface area contributed by atoms with Gasteiger partial charge in [0.2, 0.25) is 5.78 Å². The summed E-state index contributed by atoms with van der Waals surface area (Å²) in [6.45, 7) is 0. The lowest BCUT2D eigenvalue weighted by atomic mass is 10.1. The molecule has 0 amide bonds. The third kappa shape index (κ3) is 2.16. The molecule has 0 saturated heterocycles. The second-order valence-corrected chi connectivity index (χ2v) is 7.03. The van der Waals surface area contributed by atoms with Crippen molar-refractivity contribution in [2.24, 2.45) is 0 Å². The molecule has 0 unspecified atom stereocenters. The fraction of sp³-hybridized carbons (Fsp3) is 0.118. The fourth-order valence-electron chi connectivity index (χ4n) is 2.81. The molecule has 3 aromatic rings. The average molecular weight is 341 g/mol. The molecule has 1 aliphatic heterocycles. The van der Waals surface area contributed by atoms with Crippen molar-refractivity contribution in [1.82, 2.24) is 13.9 Å². The monoisotopic (exact) mass is 341 g/mol. The standard InChI is InChI=1S/C17H12FN3O2S/c1-20(2)24-10-4-6-14-12(8-10)15(22)16-19-13-7-9(18)3-5-11(13)17(23)21(14)16/h3-8H,1-2H3. The molecule has 24 heavy (non-hydrogen) atoms. The third-order valence-electron chi connectivity index (χ3n) is 3.78. The maximum absolute atomic E-state index is 13.4. The van der Waals surface area contributed by atoms with Crippen molar-refractivity contribution in [3.8, 4) is 5.69 Å². The Morgan fingerprint density at radius 3 is 2.67 bits per heavy atom. The number of rotatable bonds is 2. The van der Waals surface area contributed by atoms with Crippen LogP contribution >= 0.6 is 11.9 Å². The number of hydrogen-bond acceptors (Lipinski definition) is 5. The van der Waals surface area contributed by atoms with E-state index >= 15 is 0 Å². The number of halogens is 1. The number of hydrogen-bond donors (Lipinski definition) is 0. The van der Waals surface area contributed by atoms with Crippen LogP contribution in [0.3, 0.4) is 0 Å². The van der Waals surface area contributed by atoms with Gasteiger partial charge in [-0.25, -0.2) is 9.37 Å². The van der Waals surface area contributed by atoms with Crippen molar-refractivity contribution in [3.05, 3.63) is 64.0 Å². The van der Waals surface area contributed by atoms with Crippen LogP contribution in [0.1, 0.15) is 16.2 Å². The van der Waals surface area contributed by atoms with E-state index in [0.29, 0.717) is 11.3 Å². The van der Waals surface area contributed by atoms with Crippen LogP contribution in [0.25, 0.3) is 16.6 Å². The summed E-state index contributed by atoms with van der Waals surface area (Å²) in [5.41, 5.74) is 0.773. The molecule has 0 bridgehead atoms. The van der Waals surface area contributed by atoms with Crippen LogP contribution in [-0.2, 0) is 0 Å². The lowest BCUT2D eigenvalue weighted by molar-refractivity contribution is 0.103. The molecule has 1 aliphatic rings. The molecule has 2 heterocycles. The Kier molecular flexibility index (Phi) is 3.29. The average Bonchev–Trinajstić information content (AvgIpc) is 2.80. The molecule has 0 fully saturated rings. The molecule has 2 aromatic carbocycles. The lowest BCUT2D eigenvalue weighted by Gasteiger charge is -2.09. The Hall–Kier alpha value is -2.51. The summed E-state index contributed by atoms with van der Waals surface area (Å²) in [5, 5.41) is 0.285. The first kappa shape index (κ1) is 15.0.